The fraction of sp³-hybridized carbons (Fsp3) is 0.500. The molecule has 3 rings (SSSR count). The van der Waals surface area contributed by atoms with Crippen molar-refractivity contribution >= 4 is 23.4 Å². The van der Waals surface area contributed by atoms with E-state index in [0.717, 1.165) is 12.1 Å². The maximum atomic E-state index is 12.9. The van der Waals surface area contributed by atoms with Gasteiger partial charge in [-0.05, 0) is 18.1 Å². The minimum Gasteiger partial charge on any atom is -0.356 e. The maximum absolute atomic E-state index is 12.9. The summed E-state index contributed by atoms with van der Waals surface area (Å²) in [6.07, 6.45) is 1.00. The molecular weight excluding hydrogens is 302 g/mol. The Morgan fingerprint density at radius 1 is 1.27 bits per heavy atom. The summed E-state index contributed by atoms with van der Waals surface area (Å²) in [4.78, 5) is 26.3. The molecule has 2 heterocycles. The van der Waals surface area contributed by atoms with E-state index >= 15 is 0 Å². The SMILES string of the molecule is O=C1CC(C(=O)N2CCNCC2c2ccccc2Cl)CCN1. The molecule has 1 aromatic carbocycles. The van der Waals surface area contributed by atoms with Crippen LogP contribution in [0.4, 0.5) is 0 Å². The maximum Gasteiger partial charge on any atom is 0.226 e. The number of hydrogen-bond acceptors (Lipinski definition) is 3. The lowest BCUT2D eigenvalue weighted by atomic mass is 9.93. The molecule has 6 heteroatoms. The van der Waals surface area contributed by atoms with Gasteiger partial charge in [-0.2, -0.15) is 0 Å². The van der Waals surface area contributed by atoms with Crippen LogP contribution < -0.4 is 10.6 Å². The number of hydrogen-bond donors (Lipinski definition) is 2. The van der Waals surface area contributed by atoms with Crippen molar-refractivity contribution in [3.8, 4) is 0 Å². The average molecular weight is 322 g/mol. The van der Waals surface area contributed by atoms with Crippen LogP contribution in [0.15, 0.2) is 24.3 Å². The van der Waals surface area contributed by atoms with Crippen LogP contribution >= 0.6 is 11.6 Å². The highest BCUT2D eigenvalue weighted by Crippen LogP contribution is 2.30. The number of benzene rings is 1. The van der Waals surface area contributed by atoms with E-state index in [1.807, 2.05) is 29.2 Å². The molecule has 5 nitrogen and oxygen atoms in total. The molecule has 0 aromatic heterocycles. The Labute approximate surface area is 135 Å². The van der Waals surface area contributed by atoms with Crippen molar-refractivity contribution in [1.82, 2.24) is 15.5 Å². The molecule has 2 fully saturated rings. The number of carbonyl (C=O) groups is 2. The van der Waals surface area contributed by atoms with Crippen LogP contribution in [0.1, 0.15) is 24.4 Å². The minimum atomic E-state index is -0.211. The van der Waals surface area contributed by atoms with Crippen LogP contribution in [0.3, 0.4) is 0 Å². The zero-order valence-corrected chi connectivity index (χ0v) is 13.1. The predicted octanol–water partition coefficient (Wildman–Crippen LogP) is 1.34. The zero-order valence-electron chi connectivity index (χ0n) is 12.3. The molecule has 2 aliphatic rings. The predicted molar refractivity (Wildman–Crippen MR) is 84.5 cm³/mol. The van der Waals surface area contributed by atoms with Gasteiger partial charge in [-0.1, -0.05) is 29.8 Å². The summed E-state index contributed by atoms with van der Waals surface area (Å²) in [6.45, 7) is 2.69. The van der Waals surface area contributed by atoms with Gasteiger partial charge in [0.2, 0.25) is 11.8 Å². The molecule has 2 N–H and O–H groups in total. The molecule has 2 unspecified atom stereocenters. The van der Waals surface area contributed by atoms with E-state index in [4.69, 9.17) is 11.6 Å². The lowest BCUT2D eigenvalue weighted by molar-refractivity contribution is -0.143. The second kappa shape index (κ2) is 6.67. The molecule has 2 amide bonds. The van der Waals surface area contributed by atoms with Crippen molar-refractivity contribution < 1.29 is 9.59 Å². The summed E-state index contributed by atoms with van der Waals surface area (Å²) in [5.41, 5.74) is 0.963. The Hall–Kier alpha value is -1.59. The third-order valence-electron chi connectivity index (χ3n) is 4.39. The number of halogens is 1. The van der Waals surface area contributed by atoms with Crippen LogP contribution in [-0.4, -0.2) is 42.9 Å². The lowest BCUT2D eigenvalue weighted by Crippen LogP contribution is -2.52. The molecule has 2 aliphatic heterocycles. The normalized spacial score (nSPS) is 25.7. The fourth-order valence-corrected chi connectivity index (χ4v) is 3.48. The van der Waals surface area contributed by atoms with E-state index < -0.39 is 0 Å². The number of amides is 2. The molecule has 0 spiro atoms. The topological polar surface area (TPSA) is 61.4 Å². The van der Waals surface area contributed by atoms with Crippen molar-refractivity contribution in [3.05, 3.63) is 34.9 Å². The summed E-state index contributed by atoms with van der Waals surface area (Å²) >= 11 is 6.31. The van der Waals surface area contributed by atoms with Crippen LogP contribution in [0.5, 0.6) is 0 Å². The van der Waals surface area contributed by atoms with E-state index in [0.29, 0.717) is 31.1 Å². The van der Waals surface area contributed by atoms with E-state index in [2.05, 4.69) is 10.6 Å². The van der Waals surface area contributed by atoms with Gasteiger partial charge in [0.25, 0.3) is 0 Å². The Kier molecular flexibility index (Phi) is 4.64. The largest absolute Gasteiger partial charge is 0.356 e. The molecule has 0 aliphatic carbocycles. The number of nitrogens with one attached hydrogen (secondary N) is 2. The third-order valence-corrected chi connectivity index (χ3v) is 4.73. The summed E-state index contributed by atoms with van der Waals surface area (Å²) in [5.74, 6) is -0.174. The standard InChI is InChI=1S/C16H20ClN3O2/c17-13-4-2-1-3-12(13)14-10-18-7-8-20(14)16(22)11-5-6-19-15(21)9-11/h1-4,11,14,18H,5-10H2,(H,19,21). The first-order valence-corrected chi connectivity index (χ1v) is 8.07. The molecule has 2 atom stereocenters. The molecule has 1 aromatic rings. The fourth-order valence-electron chi connectivity index (χ4n) is 3.22. The Morgan fingerprint density at radius 3 is 2.86 bits per heavy atom. The highest BCUT2D eigenvalue weighted by molar-refractivity contribution is 6.31. The van der Waals surface area contributed by atoms with E-state index in [-0.39, 0.29) is 30.2 Å². The molecule has 0 saturated carbocycles. The van der Waals surface area contributed by atoms with Crippen molar-refractivity contribution in [1.29, 1.82) is 0 Å². The number of nitrogens with zero attached hydrogens (tertiary/aromatic N) is 1. The van der Waals surface area contributed by atoms with Crippen molar-refractivity contribution in [2.75, 3.05) is 26.2 Å². The smallest absolute Gasteiger partial charge is 0.226 e. The van der Waals surface area contributed by atoms with Gasteiger partial charge in [0, 0.05) is 43.5 Å². The van der Waals surface area contributed by atoms with Gasteiger partial charge >= 0.3 is 0 Å². The van der Waals surface area contributed by atoms with E-state index in [9.17, 15) is 9.59 Å². The van der Waals surface area contributed by atoms with Gasteiger partial charge in [0.15, 0.2) is 0 Å². The first-order chi connectivity index (χ1) is 10.7. The molecule has 0 radical (unpaired) electrons. The third kappa shape index (κ3) is 3.10. The molecule has 22 heavy (non-hydrogen) atoms. The summed E-state index contributed by atoms with van der Waals surface area (Å²) < 4.78 is 0. The van der Waals surface area contributed by atoms with Crippen LogP contribution in [0.25, 0.3) is 0 Å². The van der Waals surface area contributed by atoms with Gasteiger partial charge in [-0.15, -0.1) is 0 Å². The zero-order chi connectivity index (χ0) is 15.5. The first-order valence-electron chi connectivity index (χ1n) is 7.69. The number of piperidine rings is 1. The van der Waals surface area contributed by atoms with Gasteiger partial charge in [0.05, 0.1) is 6.04 Å². The summed E-state index contributed by atoms with van der Waals surface area (Å²) in [5, 5.41) is 6.78. The van der Waals surface area contributed by atoms with Crippen molar-refractivity contribution in [3.63, 3.8) is 0 Å². The van der Waals surface area contributed by atoms with Gasteiger partial charge in [-0.3, -0.25) is 9.59 Å². The van der Waals surface area contributed by atoms with Gasteiger partial charge in [-0.25, -0.2) is 0 Å². The van der Waals surface area contributed by atoms with E-state index in [1.165, 1.54) is 0 Å². The second-order valence-electron chi connectivity index (χ2n) is 5.81. The Bertz CT molecular complexity index is 578. The second-order valence-corrected chi connectivity index (χ2v) is 6.22. The molecule has 2 saturated heterocycles. The lowest BCUT2D eigenvalue weighted by Gasteiger charge is -2.39. The summed E-state index contributed by atoms with van der Waals surface area (Å²) in [7, 11) is 0. The molecule has 0 bridgehead atoms. The average Bonchev–Trinajstić information content (AvgIpc) is 2.55. The van der Waals surface area contributed by atoms with Crippen molar-refractivity contribution in [2.45, 2.75) is 18.9 Å². The molecule has 118 valence electrons. The summed E-state index contributed by atoms with van der Waals surface area (Å²) in [6, 6.07) is 7.57. The number of rotatable bonds is 2. The Morgan fingerprint density at radius 2 is 2.09 bits per heavy atom. The van der Waals surface area contributed by atoms with Gasteiger partial charge in [0.1, 0.15) is 0 Å². The van der Waals surface area contributed by atoms with Crippen molar-refractivity contribution in [2.24, 2.45) is 5.92 Å². The van der Waals surface area contributed by atoms with E-state index in [1.54, 1.807) is 0 Å². The van der Waals surface area contributed by atoms with Crippen LogP contribution in [-0.2, 0) is 9.59 Å². The quantitative estimate of drug-likeness (QED) is 0.864. The number of carbonyl (C=O) groups excluding carboxylic acids is 2. The highest BCUT2D eigenvalue weighted by Gasteiger charge is 2.35. The highest BCUT2D eigenvalue weighted by atomic mass is 35.5. The van der Waals surface area contributed by atoms with Crippen LogP contribution in [0.2, 0.25) is 5.02 Å². The van der Waals surface area contributed by atoms with Crippen LogP contribution in [0, 0.1) is 5.92 Å². The molecular formula is C16H20ClN3O2. The first kappa shape index (κ1) is 15.3. The van der Waals surface area contributed by atoms with Gasteiger partial charge < -0.3 is 15.5 Å². The minimum absolute atomic E-state index is 0.0333. The number of piperazine rings is 1. The Balaban J connectivity index is 1.82. The monoisotopic (exact) mass is 321 g/mol.